The average molecular weight is 1420 g/mol. The van der Waals surface area contributed by atoms with Crippen LogP contribution in [-0.2, 0) is 20.2 Å². The van der Waals surface area contributed by atoms with E-state index in [4.69, 9.17) is 11.5 Å². The van der Waals surface area contributed by atoms with Crippen LogP contribution in [0.3, 0.4) is 0 Å². The van der Waals surface area contributed by atoms with Crippen LogP contribution in [0.25, 0.3) is 21.5 Å². The normalized spacial score (nSPS) is 11.3. The second-order valence-electron chi connectivity index (χ2n) is 19.6. The first-order chi connectivity index (χ1) is 43.6. The quantitative estimate of drug-likeness (QED) is 0.0142. The second-order valence-corrected chi connectivity index (χ2v) is 22.3. The Morgan fingerprint density at radius 1 is 0.376 bits per heavy atom. The summed E-state index contributed by atoms with van der Waals surface area (Å²) >= 11 is 0. The number of aromatic hydroxyl groups is 4. The first kappa shape index (κ1) is 67.9. The smallest absolute Gasteiger partial charge is 0.545 e. The van der Waals surface area contributed by atoms with Gasteiger partial charge in [-0.25, -0.2) is 0 Å². The van der Waals surface area contributed by atoms with Gasteiger partial charge in [0.1, 0.15) is 32.7 Å². The molecule has 0 radical (unpaired) electrons. The number of nitrogen functional groups attached to an aromatic ring is 2. The molecular formula is C62H44BaN10O18S2. The summed E-state index contributed by atoms with van der Waals surface area (Å²) in [5.41, 5.74) is 12.1. The molecule has 0 aromatic heterocycles. The molecule has 0 fully saturated rings. The zero-order valence-corrected chi connectivity index (χ0v) is 53.4. The van der Waals surface area contributed by atoms with Gasteiger partial charge < -0.3 is 73.0 Å². The van der Waals surface area contributed by atoms with Gasteiger partial charge in [-0.3, -0.25) is 28.3 Å². The molecule has 0 spiro atoms. The number of nitrogens with two attached hydrogens (primary N) is 2. The number of aromatic carboxylic acids is 2. The van der Waals surface area contributed by atoms with E-state index in [1.54, 1.807) is 24.3 Å². The summed E-state index contributed by atoms with van der Waals surface area (Å²) in [4.78, 5) is 71.2. The van der Waals surface area contributed by atoms with E-state index in [-0.39, 0.29) is 116 Å². The van der Waals surface area contributed by atoms with Gasteiger partial charge in [-0.2, -0.15) is 27.1 Å². The fourth-order valence-electron chi connectivity index (χ4n) is 8.66. The Bertz CT molecular complexity index is 4650. The Morgan fingerprint density at radius 3 is 0.946 bits per heavy atom. The van der Waals surface area contributed by atoms with Crippen LogP contribution in [0.15, 0.2) is 212 Å². The van der Waals surface area contributed by atoms with Gasteiger partial charge in [0, 0.05) is 78.3 Å². The van der Waals surface area contributed by atoms with E-state index in [0.29, 0.717) is 22.5 Å². The molecule has 0 saturated carbocycles. The van der Waals surface area contributed by atoms with E-state index in [0.717, 1.165) is 36.4 Å². The van der Waals surface area contributed by atoms with Gasteiger partial charge in [-0.1, -0.05) is 0 Å². The van der Waals surface area contributed by atoms with Gasteiger partial charge in [0.15, 0.2) is 11.5 Å². The minimum Gasteiger partial charge on any atom is -0.545 e. The molecule has 0 atom stereocenters. The number of carbonyl (C=O) groups is 6. The van der Waals surface area contributed by atoms with Crippen LogP contribution in [0.2, 0.25) is 0 Å². The van der Waals surface area contributed by atoms with Crippen molar-refractivity contribution in [1.29, 1.82) is 0 Å². The zero-order chi connectivity index (χ0) is 66.3. The van der Waals surface area contributed by atoms with Gasteiger partial charge in [0.2, 0.25) is 0 Å². The Morgan fingerprint density at radius 2 is 0.656 bits per heavy atom. The SMILES string of the molecule is Nc1ccc(C(=O)Nc2ccc3c(O)c(N=Nc4ccc(C(=O)Nc5ccc(O)c(C(=O)[O-])c5)cc4)c(S(=O)(=O)O)cc3c2)cc1.Nc1ccc(C(=O)Nc2ccc3c(O)c(N=Nc4ccc(C(=O)Nc5ccc(O)c(C(=O)[O-])c5)cc4)c(S(=O)(=O)O)cc3c2)cc1.[Ba+2]. The molecule has 10 aromatic carbocycles. The van der Waals surface area contributed by atoms with Gasteiger partial charge >= 0.3 is 48.9 Å². The molecule has 93 heavy (non-hydrogen) atoms. The van der Waals surface area contributed by atoms with Crippen molar-refractivity contribution < 1.29 is 85.3 Å². The summed E-state index contributed by atoms with van der Waals surface area (Å²) in [6.45, 7) is 0. The summed E-state index contributed by atoms with van der Waals surface area (Å²) in [6, 6.07) is 40.8. The van der Waals surface area contributed by atoms with Gasteiger partial charge in [-0.05, 0) is 193 Å². The number of nitrogens with zero attached hydrogens (tertiary/aromatic N) is 4. The van der Waals surface area contributed by atoms with Crippen molar-refractivity contribution in [2.45, 2.75) is 9.79 Å². The molecular weight excluding hydrogens is 1370 g/mol. The predicted octanol–water partition coefficient (Wildman–Crippen LogP) is 8.35. The third kappa shape index (κ3) is 16.5. The zero-order valence-electron chi connectivity index (χ0n) is 47.4. The number of phenols is 4. The van der Waals surface area contributed by atoms with Crippen molar-refractivity contribution in [3.8, 4) is 23.0 Å². The Balaban J connectivity index is 0.000000236. The maximum absolute atomic E-state index is 12.6. The molecule has 0 heterocycles. The summed E-state index contributed by atoms with van der Waals surface area (Å²) in [7, 11) is -9.83. The molecule has 14 N–H and O–H groups in total. The molecule has 0 aliphatic heterocycles. The van der Waals surface area contributed by atoms with Crippen molar-refractivity contribution in [3.63, 3.8) is 0 Å². The van der Waals surface area contributed by atoms with Crippen LogP contribution >= 0.6 is 0 Å². The first-order valence-corrected chi connectivity index (χ1v) is 29.1. The number of fused-ring (bicyclic) bond motifs is 2. The fraction of sp³-hybridized carbons (Fsp3) is 0. The molecule has 28 nitrogen and oxygen atoms in total. The summed E-state index contributed by atoms with van der Waals surface area (Å²) in [5, 5.41) is 89.8. The maximum atomic E-state index is 12.6. The maximum Gasteiger partial charge on any atom is 2.00 e. The standard InChI is InChI=1S/2C31H23N5O9S.Ba/c2*32-19-5-1-16(2-6-19)29(39)33-21-9-11-23-18(13-21)14-26(46(43,44)45)27(28(23)38)36-35-20-7-3-17(4-8-20)30(40)34-22-10-12-25(37)24(15-22)31(41)42;/h2*1-15,37-38H,32H2,(H,33,39)(H,34,40)(H,41,42)(H,43,44,45);/q;;+2/p-2. The van der Waals surface area contributed by atoms with E-state index >= 15 is 0 Å². The first-order valence-electron chi connectivity index (χ1n) is 26.2. The fourth-order valence-corrected chi connectivity index (χ4v) is 9.97. The number of hydrogen-bond acceptors (Lipinski definition) is 22. The summed E-state index contributed by atoms with van der Waals surface area (Å²) in [5.74, 6) is -7.67. The largest absolute Gasteiger partial charge is 2.00 e. The summed E-state index contributed by atoms with van der Waals surface area (Å²) < 4.78 is 68.8. The number of anilines is 6. The molecule has 0 aliphatic rings. The molecule has 10 aromatic rings. The van der Waals surface area contributed by atoms with Crippen LogP contribution < -0.4 is 42.9 Å². The minimum atomic E-state index is -4.92. The van der Waals surface area contributed by atoms with E-state index in [1.807, 2.05) is 0 Å². The van der Waals surface area contributed by atoms with Crippen LogP contribution in [0.5, 0.6) is 23.0 Å². The number of amides is 4. The monoisotopic (exact) mass is 1420 g/mol. The van der Waals surface area contributed by atoms with Gasteiger partial charge in [0.05, 0.1) is 23.3 Å². The second kappa shape index (κ2) is 28.4. The number of benzene rings is 10. The molecule has 31 heteroatoms. The summed E-state index contributed by atoms with van der Waals surface area (Å²) in [6.07, 6.45) is 0. The van der Waals surface area contributed by atoms with Crippen LogP contribution in [-0.4, -0.2) is 131 Å². The number of carboxylic acids is 2. The number of nitrogens with one attached hydrogen (secondary N) is 4. The Hall–Kier alpha value is -11.1. The number of carbonyl (C=O) groups excluding carboxylic acids is 6. The van der Waals surface area contributed by atoms with Crippen molar-refractivity contribution in [3.05, 3.63) is 215 Å². The van der Waals surface area contributed by atoms with E-state index in [9.17, 15) is 85.3 Å². The molecule has 0 aliphatic carbocycles. The van der Waals surface area contributed by atoms with Crippen molar-refractivity contribution >= 4 is 183 Å². The van der Waals surface area contributed by atoms with Crippen molar-refractivity contribution in [2.24, 2.45) is 20.5 Å². The topological polar surface area (TPSA) is 488 Å². The molecule has 464 valence electrons. The molecule has 0 saturated heterocycles. The van der Waals surface area contributed by atoms with Crippen molar-refractivity contribution in [2.75, 3.05) is 32.7 Å². The van der Waals surface area contributed by atoms with Gasteiger partial charge in [0.25, 0.3) is 43.9 Å². The molecule has 10 rings (SSSR count). The number of phenolic OH excluding ortho intramolecular Hbond substituents is 2. The number of azo groups is 2. The average Bonchev–Trinajstić information content (AvgIpc) is 0.775. The molecule has 0 bridgehead atoms. The van der Waals surface area contributed by atoms with Crippen LogP contribution in [0.4, 0.5) is 56.9 Å². The van der Waals surface area contributed by atoms with E-state index in [2.05, 4.69) is 41.7 Å². The van der Waals surface area contributed by atoms with Crippen molar-refractivity contribution in [1.82, 2.24) is 0 Å². The number of hydrogen-bond donors (Lipinski definition) is 12. The molecule has 0 unspecified atom stereocenters. The molecule has 4 amide bonds. The Labute approximate surface area is 565 Å². The Kier molecular flexibility index (Phi) is 20.7. The van der Waals surface area contributed by atoms with Gasteiger partial charge in [-0.15, -0.1) is 10.2 Å². The number of rotatable bonds is 16. The van der Waals surface area contributed by atoms with Crippen LogP contribution in [0.1, 0.15) is 62.1 Å². The van der Waals surface area contributed by atoms with E-state index in [1.165, 1.54) is 121 Å². The predicted molar refractivity (Wildman–Crippen MR) is 336 cm³/mol. The van der Waals surface area contributed by atoms with Crippen LogP contribution in [0, 0.1) is 0 Å². The number of carboxylic acid groups (broad SMARTS) is 2. The third-order valence-corrected chi connectivity index (χ3v) is 15.0. The third-order valence-electron chi connectivity index (χ3n) is 13.3. The van der Waals surface area contributed by atoms with E-state index < -0.39 is 111 Å². The minimum absolute atomic E-state index is 0.